The standard InChI is InChI=1S/C9H5ClN4O2/c10-5-1-2-6-7(3-5)14(16)9(12)8(4-11)13(6)15/h1-3H,12H2. The van der Waals surface area contributed by atoms with Crippen molar-refractivity contribution in [1.82, 2.24) is 0 Å². The van der Waals surface area contributed by atoms with Gasteiger partial charge >= 0.3 is 11.5 Å². The Balaban J connectivity index is 3.03. The van der Waals surface area contributed by atoms with Crippen LogP contribution in [0, 0.1) is 21.7 Å². The van der Waals surface area contributed by atoms with Gasteiger partial charge in [-0.05, 0) is 6.07 Å². The molecule has 2 aromatic rings. The van der Waals surface area contributed by atoms with Crippen molar-refractivity contribution in [1.29, 1.82) is 5.26 Å². The third-order valence-electron chi connectivity index (χ3n) is 2.15. The van der Waals surface area contributed by atoms with Crippen LogP contribution in [-0.4, -0.2) is 0 Å². The van der Waals surface area contributed by atoms with E-state index in [0.717, 1.165) is 0 Å². The Morgan fingerprint density at radius 1 is 1.25 bits per heavy atom. The smallest absolute Gasteiger partial charge is 0.385 e. The van der Waals surface area contributed by atoms with Gasteiger partial charge in [0.05, 0.1) is 0 Å². The monoisotopic (exact) mass is 236 g/mol. The highest BCUT2D eigenvalue weighted by molar-refractivity contribution is 6.31. The van der Waals surface area contributed by atoms with Crippen LogP contribution < -0.4 is 15.2 Å². The summed E-state index contributed by atoms with van der Waals surface area (Å²) in [4.78, 5) is 0. The molecule has 0 aliphatic carbocycles. The van der Waals surface area contributed by atoms with Gasteiger partial charge in [-0.25, -0.2) is 4.73 Å². The Labute approximate surface area is 94.9 Å². The zero-order chi connectivity index (χ0) is 11.9. The van der Waals surface area contributed by atoms with Gasteiger partial charge < -0.3 is 10.4 Å². The van der Waals surface area contributed by atoms with Crippen molar-refractivity contribution in [3.63, 3.8) is 0 Å². The summed E-state index contributed by atoms with van der Waals surface area (Å²) in [5.74, 6) is -0.438. The molecule has 0 atom stereocenters. The number of fused-ring (bicyclic) bond motifs is 1. The zero-order valence-corrected chi connectivity index (χ0v) is 8.60. The Morgan fingerprint density at radius 2 is 1.94 bits per heavy atom. The van der Waals surface area contributed by atoms with Crippen LogP contribution in [0.4, 0.5) is 5.82 Å². The lowest BCUT2D eigenvalue weighted by Gasteiger charge is -2.10. The second-order valence-electron chi connectivity index (χ2n) is 3.07. The molecule has 0 radical (unpaired) electrons. The molecule has 1 heterocycles. The quantitative estimate of drug-likeness (QED) is 0.522. The Hall–Kier alpha value is -2.26. The molecule has 0 amide bonds. The van der Waals surface area contributed by atoms with Crippen LogP contribution in [0.1, 0.15) is 5.69 Å². The van der Waals surface area contributed by atoms with E-state index in [0.29, 0.717) is 14.5 Å². The van der Waals surface area contributed by atoms with Crippen LogP contribution >= 0.6 is 11.6 Å². The maximum Gasteiger partial charge on any atom is 0.385 e. The van der Waals surface area contributed by atoms with E-state index in [-0.39, 0.29) is 11.0 Å². The van der Waals surface area contributed by atoms with Crippen molar-refractivity contribution in [3.05, 3.63) is 39.3 Å². The summed E-state index contributed by atoms with van der Waals surface area (Å²) in [5.41, 5.74) is 5.02. The van der Waals surface area contributed by atoms with Crippen molar-refractivity contribution >= 4 is 28.5 Å². The molecular formula is C9H5ClN4O2. The van der Waals surface area contributed by atoms with Gasteiger partial charge in [0.25, 0.3) is 5.52 Å². The van der Waals surface area contributed by atoms with Crippen molar-refractivity contribution in [2.75, 3.05) is 5.73 Å². The van der Waals surface area contributed by atoms with Gasteiger partial charge in [0.2, 0.25) is 5.52 Å². The number of nitrogens with two attached hydrogens (primary N) is 1. The van der Waals surface area contributed by atoms with Crippen LogP contribution in [0.3, 0.4) is 0 Å². The molecule has 1 aromatic heterocycles. The second kappa shape index (κ2) is 3.40. The van der Waals surface area contributed by atoms with E-state index in [9.17, 15) is 10.4 Å². The lowest BCUT2D eigenvalue weighted by atomic mass is 10.3. The number of aromatic nitrogens is 2. The van der Waals surface area contributed by atoms with Crippen LogP contribution in [0.25, 0.3) is 11.0 Å². The number of hydrogen-bond acceptors (Lipinski definition) is 4. The number of rotatable bonds is 0. The first-order valence-electron chi connectivity index (χ1n) is 4.20. The molecule has 16 heavy (non-hydrogen) atoms. The highest BCUT2D eigenvalue weighted by Crippen LogP contribution is 2.15. The number of hydrogen-bond donors (Lipinski definition) is 1. The minimum atomic E-state index is -0.438. The predicted molar refractivity (Wildman–Crippen MR) is 56.0 cm³/mol. The molecule has 0 aliphatic rings. The predicted octanol–water partition coefficient (Wildman–Crippen LogP) is 0.214. The fourth-order valence-electron chi connectivity index (χ4n) is 1.38. The van der Waals surface area contributed by atoms with E-state index in [1.807, 2.05) is 0 Å². The van der Waals surface area contributed by atoms with Gasteiger partial charge in [0.1, 0.15) is 0 Å². The highest BCUT2D eigenvalue weighted by Gasteiger charge is 2.23. The van der Waals surface area contributed by atoms with E-state index in [1.165, 1.54) is 18.2 Å². The first kappa shape index (κ1) is 10.3. The summed E-state index contributed by atoms with van der Waals surface area (Å²) < 4.78 is 0.629. The molecule has 0 bridgehead atoms. The molecule has 2 rings (SSSR count). The van der Waals surface area contributed by atoms with Crippen LogP contribution in [0.5, 0.6) is 0 Å². The molecule has 6 nitrogen and oxygen atoms in total. The normalized spacial score (nSPS) is 10.2. The number of nitrogen functional groups attached to an aromatic ring is 1. The van der Waals surface area contributed by atoms with Gasteiger partial charge in [0, 0.05) is 17.2 Å². The first-order chi connectivity index (χ1) is 7.56. The highest BCUT2D eigenvalue weighted by atomic mass is 35.5. The number of nitriles is 1. The first-order valence-corrected chi connectivity index (χ1v) is 4.58. The molecule has 7 heteroatoms. The Kier molecular flexibility index (Phi) is 2.18. The zero-order valence-electron chi connectivity index (χ0n) is 7.85. The number of nitrogens with zero attached hydrogens (tertiary/aromatic N) is 3. The minimum absolute atomic E-state index is 0.0269. The van der Waals surface area contributed by atoms with Crippen molar-refractivity contribution in [2.45, 2.75) is 0 Å². The summed E-state index contributed by atoms with van der Waals surface area (Å²) in [5, 5.41) is 32.3. The lowest BCUT2D eigenvalue weighted by Crippen LogP contribution is -2.43. The molecule has 0 unspecified atom stereocenters. The van der Waals surface area contributed by atoms with Gasteiger partial charge in [-0.15, -0.1) is 4.73 Å². The molecule has 2 N–H and O–H groups in total. The molecule has 0 saturated heterocycles. The second-order valence-corrected chi connectivity index (χ2v) is 3.50. The molecule has 0 aliphatic heterocycles. The number of halogens is 1. The molecular weight excluding hydrogens is 232 g/mol. The SMILES string of the molecule is N#Cc1c(N)[n+]([O-])c2cc(Cl)ccc2[n+]1[O-]. The fraction of sp³-hybridized carbons (Fsp3) is 0. The minimum Gasteiger partial charge on any atom is -0.710 e. The van der Waals surface area contributed by atoms with Crippen LogP contribution in [0.2, 0.25) is 5.02 Å². The third kappa shape index (κ3) is 1.26. The summed E-state index contributed by atoms with van der Waals surface area (Å²) in [6.45, 7) is 0. The lowest BCUT2D eigenvalue weighted by molar-refractivity contribution is -0.620. The summed E-state index contributed by atoms with van der Waals surface area (Å²) >= 11 is 5.70. The van der Waals surface area contributed by atoms with E-state index < -0.39 is 11.5 Å². The maximum atomic E-state index is 11.7. The largest absolute Gasteiger partial charge is 0.710 e. The fourth-order valence-corrected chi connectivity index (χ4v) is 1.55. The summed E-state index contributed by atoms with van der Waals surface area (Å²) in [7, 11) is 0. The van der Waals surface area contributed by atoms with Gasteiger partial charge in [-0.3, -0.25) is 5.73 Å². The van der Waals surface area contributed by atoms with E-state index in [2.05, 4.69) is 0 Å². The molecule has 0 fully saturated rings. The molecule has 0 saturated carbocycles. The van der Waals surface area contributed by atoms with Crippen LogP contribution in [0.15, 0.2) is 18.2 Å². The van der Waals surface area contributed by atoms with Gasteiger partial charge in [0.15, 0.2) is 6.07 Å². The summed E-state index contributed by atoms with van der Waals surface area (Å²) in [6.07, 6.45) is 0. The van der Waals surface area contributed by atoms with E-state index >= 15 is 0 Å². The van der Waals surface area contributed by atoms with Gasteiger partial charge in [-0.2, -0.15) is 5.26 Å². The molecule has 1 aromatic carbocycles. The number of anilines is 1. The summed E-state index contributed by atoms with van der Waals surface area (Å²) in [6, 6.07) is 5.71. The molecule has 0 spiro atoms. The Bertz CT molecular complexity index is 636. The molecule has 80 valence electrons. The van der Waals surface area contributed by atoms with Crippen molar-refractivity contribution in [2.24, 2.45) is 0 Å². The van der Waals surface area contributed by atoms with Gasteiger partial charge in [-0.1, -0.05) is 11.6 Å². The average molecular weight is 237 g/mol. The van der Waals surface area contributed by atoms with Crippen molar-refractivity contribution in [3.8, 4) is 6.07 Å². The Morgan fingerprint density at radius 3 is 2.56 bits per heavy atom. The van der Waals surface area contributed by atoms with Crippen LogP contribution in [-0.2, 0) is 0 Å². The average Bonchev–Trinajstić information content (AvgIpc) is 2.27. The topological polar surface area (TPSA) is 104 Å². The van der Waals surface area contributed by atoms with E-state index in [4.69, 9.17) is 22.6 Å². The maximum absolute atomic E-state index is 11.7. The van der Waals surface area contributed by atoms with Crippen molar-refractivity contribution < 1.29 is 9.46 Å². The van der Waals surface area contributed by atoms with E-state index in [1.54, 1.807) is 6.07 Å². The number of benzene rings is 1. The third-order valence-corrected chi connectivity index (χ3v) is 2.38.